The van der Waals surface area contributed by atoms with Crippen LogP contribution in [0.3, 0.4) is 0 Å². The fourth-order valence-electron chi connectivity index (χ4n) is 3.73. The highest BCUT2D eigenvalue weighted by Crippen LogP contribution is 2.33. The molecule has 0 unspecified atom stereocenters. The van der Waals surface area contributed by atoms with Gasteiger partial charge in [0.1, 0.15) is 11.4 Å². The third-order valence-electron chi connectivity index (χ3n) is 5.30. The third-order valence-corrected chi connectivity index (χ3v) is 5.30. The van der Waals surface area contributed by atoms with E-state index in [9.17, 15) is 4.79 Å². The first-order chi connectivity index (χ1) is 14.3. The Morgan fingerprint density at radius 1 is 0.733 bits per heavy atom. The first kappa shape index (κ1) is 19.8. The quantitative estimate of drug-likeness (QED) is 0.461. The Hall–Kier alpha value is -3.49. The number of ketones is 1. The molecule has 30 heavy (non-hydrogen) atoms. The van der Waals surface area contributed by atoms with Gasteiger partial charge in [-0.3, -0.25) is 4.79 Å². The van der Waals surface area contributed by atoms with Gasteiger partial charge in [0.2, 0.25) is 11.8 Å². The highest BCUT2D eigenvalue weighted by atomic mass is 16.4. The lowest BCUT2D eigenvalue weighted by Crippen LogP contribution is -2.06. The van der Waals surface area contributed by atoms with Gasteiger partial charge in [0.15, 0.2) is 5.78 Å². The number of aromatic nitrogens is 6. The normalized spacial score (nSPS) is 11.4. The van der Waals surface area contributed by atoms with Gasteiger partial charge in [-0.05, 0) is 38.8 Å². The molecule has 4 heterocycles. The molecule has 0 radical (unpaired) electrons. The topological polar surface area (TPSA) is 126 Å². The monoisotopic (exact) mass is 408 g/mol. The molecule has 9 heteroatoms. The van der Waals surface area contributed by atoms with Gasteiger partial charge in [0.05, 0.1) is 0 Å². The number of carbonyl (C=O) groups is 1. The van der Waals surface area contributed by atoms with E-state index in [0.717, 1.165) is 22.5 Å². The number of aryl methyl sites for hydroxylation is 4. The van der Waals surface area contributed by atoms with Crippen LogP contribution in [0.1, 0.15) is 64.1 Å². The zero-order chi connectivity index (χ0) is 21.6. The van der Waals surface area contributed by atoms with Gasteiger partial charge in [0.25, 0.3) is 11.8 Å². The van der Waals surface area contributed by atoms with Crippen LogP contribution in [0.4, 0.5) is 0 Å². The molecule has 0 aliphatic heterocycles. The average Bonchev–Trinajstić information content (AvgIpc) is 3.48. The Labute approximate surface area is 173 Å². The predicted octanol–water partition coefficient (Wildman–Crippen LogP) is 4.03. The van der Waals surface area contributed by atoms with Crippen LogP contribution in [0.5, 0.6) is 0 Å². The van der Waals surface area contributed by atoms with E-state index in [4.69, 9.17) is 8.83 Å². The second kappa shape index (κ2) is 7.40. The second-order valence-corrected chi connectivity index (χ2v) is 7.29. The highest BCUT2D eigenvalue weighted by Gasteiger charge is 2.28. The van der Waals surface area contributed by atoms with E-state index in [1.54, 1.807) is 0 Å². The Morgan fingerprint density at radius 3 is 1.47 bits per heavy atom. The van der Waals surface area contributed by atoms with E-state index in [2.05, 4.69) is 30.4 Å². The average molecular weight is 408 g/mol. The first-order valence-electron chi connectivity index (χ1n) is 9.94. The summed E-state index contributed by atoms with van der Waals surface area (Å²) in [7, 11) is 0. The molecule has 0 saturated carbocycles. The lowest BCUT2D eigenvalue weighted by molar-refractivity contribution is 0.103. The molecule has 0 bridgehead atoms. The molecule has 9 nitrogen and oxygen atoms in total. The fourth-order valence-corrected chi connectivity index (χ4v) is 3.73. The van der Waals surface area contributed by atoms with Crippen LogP contribution < -0.4 is 0 Å². The van der Waals surface area contributed by atoms with Crippen molar-refractivity contribution in [3.63, 3.8) is 0 Å². The van der Waals surface area contributed by atoms with Crippen LogP contribution in [0, 0.1) is 27.7 Å². The largest absolute Gasteiger partial charge is 0.419 e. The molecule has 0 aliphatic carbocycles. The summed E-state index contributed by atoms with van der Waals surface area (Å²) in [6, 6.07) is 0. The van der Waals surface area contributed by atoms with Crippen molar-refractivity contribution in [2.24, 2.45) is 0 Å². The number of nitrogens with one attached hydrogen (secondary N) is 2. The van der Waals surface area contributed by atoms with E-state index in [1.807, 2.05) is 41.5 Å². The standard InChI is InChI=1S/C21H24N6O3/c1-7-13-24-26-20(29-13)17-9(3)15(11(5)22-17)19(28)16-10(4)18(23-12(16)6)21-27-25-14(8-2)30-21/h22-23H,7-8H2,1-6H3. The summed E-state index contributed by atoms with van der Waals surface area (Å²) in [6.07, 6.45) is 1.30. The molecule has 0 saturated heterocycles. The van der Waals surface area contributed by atoms with Gasteiger partial charge in [-0.2, -0.15) is 0 Å². The summed E-state index contributed by atoms with van der Waals surface area (Å²) < 4.78 is 11.4. The van der Waals surface area contributed by atoms with Crippen LogP contribution in [-0.4, -0.2) is 36.1 Å². The summed E-state index contributed by atoms with van der Waals surface area (Å²) in [5.74, 6) is 1.78. The summed E-state index contributed by atoms with van der Waals surface area (Å²) in [4.78, 5) is 20.0. The second-order valence-electron chi connectivity index (χ2n) is 7.29. The van der Waals surface area contributed by atoms with Gasteiger partial charge in [-0.25, -0.2) is 0 Å². The molecule has 0 aliphatic rings. The van der Waals surface area contributed by atoms with Crippen LogP contribution in [-0.2, 0) is 12.8 Å². The van der Waals surface area contributed by atoms with E-state index in [-0.39, 0.29) is 5.78 Å². The Kier molecular flexibility index (Phi) is 4.89. The van der Waals surface area contributed by atoms with Crippen molar-refractivity contribution >= 4 is 5.78 Å². The van der Waals surface area contributed by atoms with Crippen molar-refractivity contribution in [3.05, 3.63) is 45.4 Å². The van der Waals surface area contributed by atoms with Crippen molar-refractivity contribution in [3.8, 4) is 23.2 Å². The number of nitrogens with zero attached hydrogens (tertiary/aromatic N) is 4. The molecule has 0 spiro atoms. The lowest BCUT2D eigenvalue weighted by Gasteiger charge is -2.04. The molecule has 2 N–H and O–H groups in total. The van der Waals surface area contributed by atoms with E-state index >= 15 is 0 Å². The number of hydrogen-bond acceptors (Lipinski definition) is 7. The number of aromatic amines is 2. The number of hydrogen-bond donors (Lipinski definition) is 2. The van der Waals surface area contributed by atoms with Crippen LogP contribution >= 0.6 is 0 Å². The first-order valence-corrected chi connectivity index (χ1v) is 9.94. The predicted molar refractivity (Wildman–Crippen MR) is 109 cm³/mol. The van der Waals surface area contributed by atoms with Gasteiger partial charge < -0.3 is 18.8 Å². The summed E-state index contributed by atoms with van der Waals surface area (Å²) in [5.41, 5.74) is 5.56. The maximum absolute atomic E-state index is 13.6. The molecule has 0 atom stereocenters. The van der Waals surface area contributed by atoms with Gasteiger partial charge >= 0.3 is 0 Å². The zero-order valence-corrected chi connectivity index (χ0v) is 17.9. The molecular weight excluding hydrogens is 384 g/mol. The Morgan fingerprint density at radius 2 is 1.13 bits per heavy atom. The van der Waals surface area contributed by atoms with E-state index in [0.29, 0.717) is 58.9 Å². The van der Waals surface area contributed by atoms with E-state index < -0.39 is 0 Å². The van der Waals surface area contributed by atoms with Crippen LogP contribution in [0.15, 0.2) is 8.83 Å². The summed E-state index contributed by atoms with van der Waals surface area (Å²) in [5, 5.41) is 16.2. The molecule has 4 rings (SSSR count). The molecule has 0 aromatic carbocycles. The molecular formula is C21H24N6O3. The summed E-state index contributed by atoms with van der Waals surface area (Å²) >= 11 is 0. The Bertz CT molecular complexity index is 1150. The SMILES string of the molecule is CCc1nnc(-c2[nH]c(C)c(C(=O)c3c(C)[nH]c(-c4nnc(CC)o4)c3C)c2C)o1. The lowest BCUT2D eigenvalue weighted by atomic mass is 9.96. The molecule has 156 valence electrons. The van der Waals surface area contributed by atoms with Crippen molar-refractivity contribution < 1.29 is 13.6 Å². The fraction of sp³-hybridized carbons (Fsp3) is 0.381. The molecule has 4 aromatic heterocycles. The minimum atomic E-state index is -0.0875. The van der Waals surface area contributed by atoms with E-state index in [1.165, 1.54) is 0 Å². The van der Waals surface area contributed by atoms with Crippen LogP contribution in [0.2, 0.25) is 0 Å². The maximum atomic E-state index is 13.6. The minimum Gasteiger partial charge on any atom is -0.419 e. The molecule has 4 aromatic rings. The van der Waals surface area contributed by atoms with Crippen molar-refractivity contribution in [2.75, 3.05) is 0 Å². The van der Waals surface area contributed by atoms with Crippen molar-refractivity contribution in [2.45, 2.75) is 54.4 Å². The van der Waals surface area contributed by atoms with Crippen LogP contribution in [0.25, 0.3) is 23.2 Å². The third kappa shape index (κ3) is 3.06. The van der Waals surface area contributed by atoms with Crippen molar-refractivity contribution in [1.29, 1.82) is 0 Å². The number of carbonyl (C=O) groups excluding carboxylic acids is 1. The highest BCUT2D eigenvalue weighted by molar-refractivity contribution is 6.13. The smallest absolute Gasteiger partial charge is 0.264 e. The molecule has 0 amide bonds. The Balaban J connectivity index is 1.77. The number of rotatable bonds is 6. The zero-order valence-electron chi connectivity index (χ0n) is 17.9. The molecule has 0 fully saturated rings. The van der Waals surface area contributed by atoms with Gasteiger partial charge in [-0.1, -0.05) is 13.8 Å². The maximum Gasteiger partial charge on any atom is 0.264 e. The van der Waals surface area contributed by atoms with Gasteiger partial charge in [-0.15, -0.1) is 20.4 Å². The minimum absolute atomic E-state index is 0.0875. The van der Waals surface area contributed by atoms with Crippen molar-refractivity contribution in [1.82, 2.24) is 30.4 Å². The number of H-pyrrole nitrogens is 2. The summed E-state index contributed by atoms with van der Waals surface area (Å²) in [6.45, 7) is 11.4. The van der Waals surface area contributed by atoms with Gasteiger partial charge in [0, 0.05) is 35.4 Å².